The summed E-state index contributed by atoms with van der Waals surface area (Å²) in [5.74, 6) is 0.0164. The second-order valence-electron chi connectivity index (χ2n) is 3.12. The number of carbonyl (C=O) groups excluding carboxylic acids is 1. The van der Waals surface area contributed by atoms with Crippen LogP contribution in [0.1, 0.15) is 10.4 Å². The quantitative estimate of drug-likeness (QED) is 0.624. The summed E-state index contributed by atoms with van der Waals surface area (Å²) in [6.07, 6.45) is 0. The first-order chi connectivity index (χ1) is 8.19. The molecule has 0 aliphatic rings. The number of nitrogens with one attached hydrogen (secondary N) is 1. The van der Waals surface area contributed by atoms with Gasteiger partial charge in [-0.1, -0.05) is 11.6 Å². The number of methoxy groups -OCH3 is 2. The highest BCUT2D eigenvalue weighted by molar-refractivity contribution is 6.31. The second kappa shape index (κ2) is 7.11. The summed E-state index contributed by atoms with van der Waals surface area (Å²) in [6.45, 7) is 0.665. The molecule has 0 radical (unpaired) electrons. The topological polar surface area (TPSA) is 56.8 Å². The minimum atomic E-state index is -0.416. The number of rotatable bonds is 6. The highest BCUT2D eigenvalue weighted by Crippen LogP contribution is 2.22. The molecular weight excluding hydrogens is 246 g/mol. The molecule has 6 heteroatoms. The van der Waals surface area contributed by atoms with Crippen LogP contribution in [0.25, 0.3) is 0 Å². The van der Waals surface area contributed by atoms with E-state index in [4.69, 9.17) is 25.9 Å². The smallest absolute Gasteiger partial charge is 0.278 e. The fourth-order valence-electron chi connectivity index (χ4n) is 1.15. The first-order valence-corrected chi connectivity index (χ1v) is 5.31. The van der Waals surface area contributed by atoms with E-state index in [9.17, 15) is 4.79 Å². The zero-order valence-electron chi connectivity index (χ0n) is 9.66. The lowest BCUT2D eigenvalue weighted by atomic mass is 10.2. The van der Waals surface area contributed by atoms with E-state index < -0.39 is 5.91 Å². The molecule has 1 amide bonds. The predicted octanol–water partition coefficient (Wildman–Crippen LogP) is 1.66. The van der Waals surface area contributed by atoms with Crippen molar-refractivity contribution in [3.63, 3.8) is 0 Å². The SMILES string of the molecule is COCCONC(=O)c1cc(Cl)ccc1OC. The van der Waals surface area contributed by atoms with Crippen LogP contribution in [-0.4, -0.2) is 33.3 Å². The molecule has 0 aromatic heterocycles. The molecule has 0 spiro atoms. The summed E-state index contributed by atoms with van der Waals surface area (Å²) in [5, 5.41) is 0.452. The van der Waals surface area contributed by atoms with E-state index in [2.05, 4.69) is 5.48 Å². The molecule has 94 valence electrons. The zero-order valence-corrected chi connectivity index (χ0v) is 10.4. The maximum Gasteiger partial charge on any atom is 0.278 e. The van der Waals surface area contributed by atoms with Gasteiger partial charge in [-0.3, -0.25) is 9.63 Å². The van der Waals surface area contributed by atoms with Crippen LogP contribution in [0.4, 0.5) is 0 Å². The fraction of sp³-hybridized carbons (Fsp3) is 0.364. The number of carbonyl (C=O) groups is 1. The second-order valence-corrected chi connectivity index (χ2v) is 3.55. The summed E-state index contributed by atoms with van der Waals surface area (Å²) in [4.78, 5) is 16.6. The van der Waals surface area contributed by atoms with Crippen molar-refractivity contribution in [3.8, 4) is 5.75 Å². The van der Waals surface area contributed by atoms with E-state index in [-0.39, 0.29) is 6.61 Å². The number of benzene rings is 1. The normalized spacial score (nSPS) is 10.1. The molecule has 0 atom stereocenters. The van der Waals surface area contributed by atoms with Crippen molar-refractivity contribution in [1.82, 2.24) is 5.48 Å². The van der Waals surface area contributed by atoms with E-state index in [1.54, 1.807) is 19.2 Å². The molecule has 1 N–H and O–H groups in total. The van der Waals surface area contributed by atoms with E-state index in [1.165, 1.54) is 13.2 Å². The molecule has 0 heterocycles. The molecule has 5 nitrogen and oxygen atoms in total. The molecule has 0 saturated heterocycles. The number of ether oxygens (including phenoxy) is 2. The van der Waals surface area contributed by atoms with Gasteiger partial charge in [-0.05, 0) is 18.2 Å². The van der Waals surface area contributed by atoms with Crippen molar-refractivity contribution >= 4 is 17.5 Å². The van der Waals surface area contributed by atoms with E-state index >= 15 is 0 Å². The molecule has 1 aromatic rings. The molecule has 0 unspecified atom stereocenters. The van der Waals surface area contributed by atoms with Crippen molar-refractivity contribution in [3.05, 3.63) is 28.8 Å². The summed E-state index contributed by atoms with van der Waals surface area (Å²) in [6, 6.07) is 4.77. The van der Waals surface area contributed by atoms with E-state index in [1.807, 2.05) is 0 Å². The van der Waals surface area contributed by atoms with Gasteiger partial charge in [0.15, 0.2) is 0 Å². The third-order valence-corrected chi connectivity index (χ3v) is 2.20. The van der Waals surface area contributed by atoms with Crippen LogP contribution in [0.15, 0.2) is 18.2 Å². The Morgan fingerprint density at radius 1 is 1.35 bits per heavy atom. The fourth-order valence-corrected chi connectivity index (χ4v) is 1.33. The van der Waals surface area contributed by atoms with Crippen LogP contribution in [0.2, 0.25) is 5.02 Å². The molecule has 17 heavy (non-hydrogen) atoms. The Balaban J connectivity index is 2.64. The lowest BCUT2D eigenvalue weighted by molar-refractivity contribution is 0.00874. The summed E-state index contributed by atoms with van der Waals surface area (Å²) in [5.41, 5.74) is 2.60. The van der Waals surface area contributed by atoms with Crippen molar-refractivity contribution in [1.29, 1.82) is 0 Å². The lowest BCUT2D eigenvalue weighted by Gasteiger charge is -2.09. The Labute approximate surface area is 105 Å². The highest BCUT2D eigenvalue weighted by Gasteiger charge is 2.12. The Hall–Kier alpha value is -1.30. The molecule has 1 rings (SSSR count). The highest BCUT2D eigenvalue weighted by atomic mass is 35.5. The van der Waals surface area contributed by atoms with Gasteiger partial charge in [0.25, 0.3) is 5.91 Å². The standard InChI is InChI=1S/C11H14ClNO4/c1-15-5-6-17-13-11(14)9-7-8(12)3-4-10(9)16-2/h3-4,7H,5-6H2,1-2H3,(H,13,14). The Kier molecular flexibility index (Phi) is 5.76. The molecule has 0 bridgehead atoms. The Bertz CT molecular complexity index is 384. The van der Waals surface area contributed by atoms with Gasteiger partial charge < -0.3 is 9.47 Å². The van der Waals surface area contributed by atoms with Crippen LogP contribution in [-0.2, 0) is 9.57 Å². The van der Waals surface area contributed by atoms with Crippen LogP contribution >= 0.6 is 11.6 Å². The molecule has 0 aliphatic heterocycles. The van der Waals surface area contributed by atoms with Gasteiger partial charge >= 0.3 is 0 Å². The van der Waals surface area contributed by atoms with Crippen molar-refractivity contribution in [2.24, 2.45) is 0 Å². The Morgan fingerprint density at radius 3 is 2.76 bits per heavy atom. The predicted molar refractivity (Wildman–Crippen MR) is 63.3 cm³/mol. The molecular formula is C11H14ClNO4. The number of hydrogen-bond acceptors (Lipinski definition) is 4. The third-order valence-electron chi connectivity index (χ3n) is 1.96. The van der Waals surface area contributed by atoms with Crippen LogP contribution in [0, 0.1) is 0 Å². The van der Waals surface area contributed by atoms with Crippen LogP contribution in [0.3, 0.4) is 0 Å². The van der Waals surface area contributed by atoms with Crippen LogP contribution < -0.4 is 10.2 Å². The van der Waals surface area contributed by atoms with Gasteiger partial charge in [0.2, 0.25) is 0 Å². The van der Waals surface area contributed by atoms with Gasteiger partial charge in [-0.25, -0.2) is 5.48 Å². The summed E-state index contributed by atoms with van der Waals surface area (Å²) >= 11 is 5.81. The molecule has 0 aliphatic carbocycles. The average Bonchev–Trinajstić information content (AvgIpc) is 2.34. The average molecular weight is 260 g/mol. The van der Waals surface area contributed by atoms with E-state index in [0.29, 0.717) is 22.9 Å². The first-order valence-electron chi connectivity index (χ1n) is 4.93. The summed E-state index contributed by atoms with van der Waals surface area (Å²) < 4.78 is 9.82. The first kappa shape index (κ1) is 13.8. The largest absolute Gasteiger partial charge is 0.496 e. The van der Waals surface area contributed by atoms with Gasteiger partial charge in [-0.15, -0.1) is 0 Å². The zero-order chi connectivity index (χ0) is 12.7. The lowest BCUT2D eigenvalue weighted by Crippen LogP contribution is -2.25. The van der Waals surface area contributed by atoms with Crippen molar-refractivity contribution in [2.45, 2.75) is 0 Å². The van der Waals surface area contributed by atoms with Gasteiger partial charge in [0.05, 0.1) is 25.9 Å². The molecule has 1 aromatic carbocycles. The van der Waals surface area contributed by atoms with Crippen molar-refractivity contribution < 1.29 is 19.1 Å². The van der Waals surface area contributed by atoms with Crippen molar-refractivity contribution in [2.75, 3.05) is 27.4 Å². The molecule has 0 fully saturated rings. The van der Waals surface area contributed by atoms with Gasteiger partial charge in [0.1, 0.15) is 5.75 Å². The number of hydrogen-bond donors (Lipinski definition) is 1. The molecule has 0 saturated carbocycles. The minimum absolute atomic E-state index is 0.269. The minimum Gasteiger partial charge on any atom is -0.496 e. The van der Waals surface area contributed by atoms with E-state index in [0.717, 1.165) is 0 Å². The monoisotopic (exact) mass is 259 g/mol. The van der Waals surface area contributed by atoms with Crippen LogP contribution in [0.5, 0.6) is 5.75 Å². The Morgan fingerprint density at radius 2 is 2.12 bits per heavy atom. The number of hydroxylamine groups is 1. The number of halogens is 1. The number of amides is 1. The maximum absolute atomic E-state index is 11.7. The van der Waals surface area contributed by atoms with Gasteiger partial charge in [-0.2, -0.15) is 0 Å². The van der Waals surface area contributed by atoms with Gasteiger partial charge in [0, 0.05) is 12.1 Å². The summed E-state index contributed by atoms with van der Waals surface area (Å²) in [7, 11) is 3.02. The maximum atomic E-state index is 11.7. The third kappa shape index (κ3) is 4.22.